The van der Waals surface area contributed by atoms with Gasteiger partial charge in [-0.25, -0.2) is 0 Å². The second-order valence-electron chi connectivity index (χ2n) is 3.45. The van der Waals surface area contributed by atoms with Crippen molar-refractivity contribution in [2.75, 3.05) is 13.1 Å². The quantitative estimate of drug-likeness (QED) is 0.563. The van der Waals surface area contributed by atoms with Crippen LogP contribution >= 0.6 is 0 Å². The Morgan fingerprint density at radius 1 is 1.27 bits per heavy atom. The second kappa shape index (κ2) is 3.16. The molecule has 0 amide bonds. The first-order valence-electron chi connectivity index (χ1n) is 4.62. The lowest BCUT2D eigenvalue weighted by molar-refractivity contribution is 0.209. The van der Waals surface area contributed by atoms with Gasteiger partial charge in [0.25, 0.3) is 0 Å². The molecule has 1 saturated heterocycles. The molecule has 2 heterocycles. The molecule has 2 heteroatoms. The zero-order valence-electron chi connectivity index (χ0n) is 6.92. The van der Waals surface area contributed by atoms with Gasteiger partial charge in [0, 0.05) is 31.5 Å². The Kier molecular flexibility index (Phi) is 2.01. The van der Waals surface area contributed by atoms with Crippen LogP contribution < -0.4 is 5.32 Å². The van der Waals surface area contributed by atoms with Crippen molar-refractivity contribution < 1.29 is 0 Å². The topological polar surface area (TPSA) is 15.3 Å². The van der Waals surface area contributed by atoms with Gasteiger partial charge in [-0.05, 0) is 25.7 Å². The minimum absolute atomic E-state index is 0.829. The first-order chi connectivity index (χ1) is 5.47. The number of nitrogens with one attached hydrogen (secondary N) is 1. The van der Waals surface area contributed by atoms with Crippen LogP contribution in [0.4, 0.5) is 0 Å². The van der Waals surface area contributed by atoms with Crippen molar-refractivity contribution >= 4 is 0 Å². The highest BCUT2D eigenvalue weighted by atomic mass is 15.2. The Morgan fingerprint density at radius 2 is 2.27 bits per heavy atom. The van der Waals surface area contributed by atoms with E-state index in [1.54, 1.807) is 0 Å². The van der Waals surface area contributed by atoms with E-state index in [-0.39, 0.29) is 0 Å². The van der Waals surface area contributed by atoms with E-state index in [4.69, 9.17) is 0 Å². The SMILES string of the molecule is C1=CN2CCCCC2CCN1. The highest BCUT2D eigenvalue weighted by Gasteiger charge is 2.19. The fourth-order valence-electron chi connectivity index (χ4n) is 2.01. The Hall–Kier alpha value is -0.660. The van der Waals surface area contributed by atoms with Crippen LogP contribution in [0.15, 0.2) is 12.4 Å². The second-order valence-corrected chi connectivity index (χ2v) is 3.45. The molecular formula is C9H16N2. The lowest BCUT2D eigenvalue weighted by atomic mass is 10.0. The molecule has 2 aliphatic heterocycles. The van der Waals surface area contributed by atoms with Crippen molar-refractivity contribution in [2.45, 2.75) is 31.7 Å². The molecule has 0 aromatic heterocycles. The van der Waals surface area contributed by atoms with Crippen molar-refractivity contribution in [3.8, 4) is 0 Å². The van der Waals surface area contributed by atoms with E-state index >= 15 is 0 Å². The molecule has 0 aliphatic carbocycles. The highest BCUT2D eigenvalue weighted by molar-refractivity contribution is 4.91. The normalized spacial score (nSPS) is 30.5. The number of fused-ring (bicyclic) bond motifs is 1. The van der Waals surface area contributed by atoms with E-state index in [1.165, 1.54) is 32.2 Å². The number of hydrogen-bond acceptors (Lipinski definition) is 2. The summed E-state index contributed by atoms with van der Waals surface area (Å²) in [6.07, 6.45) is 9.82. The average molecular weight is 152 g/mol. The fourth-order valence-corrected chi connectivity index (χ4v) is 2.01. The Balaban J connectivity index is 2.02. The molecule has 0 aromatic rings. The summed E-state index contributed by atoms with van der Waals surface area (Å²) >= 11 is 0. The molecule has 0 radical (unpaired) electrons. The molecule has 0 bridgehead atoms. The fraction of sp³-hybridized carbons (Fsp3) is 0.778. The van der Waals surface area contributed by atoms with Crippen molar-refractivity contribution in [2.24, 2.45) is 0 Å². The largest absolute Gasteiger partial charge is 0.390 e. The van der Waals surface area contributed by atoms with Gasteiger partial charge in [0.05, 0.1) is 0 Å². The van der Waals surface area contributed by atoms with Gasteiger partial charge in [-0.15, -0.1) is 0 Å². The Labute approximate surface area is 68.3 Å². The summed E-state index contributed by atoms with van der Waals surface area (Å²) in [5, 5.41) is 3.28. The maximum Gasteiger partial charge on any atom is 0.0301 e. The summed E-state index contributed by atoms with van der Waals surface area (Å²) in [5.41, 5.74) is 0. The van der Waals surface area contributed by atoms with E-state index in [1.807, 2.05) is 0 Å². The molecule has 1 fully saturated rings. The van der Waals surface area contributed by atoms with E-state index in [0.29, 0.717) is 0 Å². The molecule has 11 heavy (non-hydrogen) atoms. The summed E-state index contributed by atoms with van der Waals surface area (Å²) in [6, 6.07) is 0.829. The van der Waals surface area contributed by atoms with Gasteiger partial charge >= 0.3 is 0 Å². The Bertz CT molecular complexity index is 154. The molecule has 2 rings (SSSR count). The number of piperidine rings is 1. The molecule has 1 atom stereocenters. The maximum atomic E-state index is 3.28. The van der Waals surface area contributed by atoms with Crippen molar-refractivity contribution in [3.63, 3.8) is 0 Å². The molecule has 1 N–H and O–H groups in total. The predicted molar refractivity (Wildman–Crippen MR) is 46.1 cm³/mol. The van der Waals surface area contributed by atoms with Gasteiger partial charge in [-0.2, -0.15) is 0 Å². The highest BCUT2D eigenvalue weighted by Crippen LogP contribution is 2.20. The Morgan fingerprint density at radius 3 is 3.27 bits per heavy atom. The summed E-state index contributed by atoms with van der Waals surface area (Å²) < 4.78 is 0. The van der Waals surface area contributed by atoms with Gasteiger partial charge < -0.3 is 10.2 Å². The summed E-state index contributed by atoms with van der Waals surface area (Å²) in [6.45, 7) is 2.42. The predicted octanol–water partition coefficient (Wildman–Crippen LogP) is 1.31. The lowest BCUT2D eigenvalue weighted by Crippen LogP contribution is -2.35. The lowest BCUT2D eigenvalue weighted by Gasteiger charge is -2.33. The molecular weight excluding hydrogens is 136 g/mol. The minimum atomic E-state index is 0.829. The van der Waals surface area contributed by atoms with Crippen molar-refractivity contribution in [3.05, 3.63) is 12.4 Å². The zero-order chi connectivity index (χ0) is 7.52. The van der Waals surface area contributed by atoms with Gasteiger partial charge in [0.15, 0.2) is 0 Å². The minimum Gasteiger partial charge on any atom is -0.390 e. The van der Waals surface area contributed by atoms with Crippen molar-refractivity contribution in [1.29, 1.82) is 0 Å². The monoisotopic (exact) mass is 152 g/mol. The number of hydrogen-bond donors (Lipinski definition) is 1. The maximum absolute atomic E-state index is 3.28. The number of rotatable bonds is 0. The van der Waals surface area contributed by atoms with E-state index in [2.05, 4.69) is 22.6 Å². The zero-order valence-corrected chi connectivity index (χ0v) is 6.92. The third kappa shape index (κ3) is 1.50. The molecule has 1 unspecified atom stereocenters. The van der Waals surface area contributed by atoms with Crippen molar-refractivity contribution in [1.82, 2.24) is 10.2 Å². The third-order valence-corrected chi connectivity index (χ3v) is 2.68. The molecule has 0 aromatic carbocycles. The molecule has 2 aliphatic rings. The molecule has 0 spiro atoms. The van der Waals surface area contributed by atoms with Crippen LogP contribution in [0.2, 0.25) is 0 Å². The van der Waals surface area contributed by atoms with Gasteiger partial charge in [-0.3, -0.25) is 0 Å². The van der Waals surface area contributed by atoms with E-state index in [9.17, 15) is 0 Å². The molecule has 62 valence electrons. The third-order valence-electron chi connectivity index (χ3n) is 2.68. The average Bonchev–Trinajstić information content (AvgIpc) is 2.28. The summed E-state index contributed by atoms with van der Waals surface area (Å²) in [5.74, 6) is 0. The van der Waals surface area contributed by atoms with Crippen LogP contribution in [-0.4, -0.2) is 24.0 Å². The first kappa shape index (κ1) is 7.01. The van der Waals surface area contributed by atoms with Crippen LogP contribution in [0, 0.1) is 0 Å². The van der Waals surface area contributed by atoms with Crippen LogP contribution in [0.1, 0.15) is 25.7 Å². The van der Waals surface area contributed by atoms with Gasteiger partial charge in [-0.1, -0.05) is 0 Å². The van der Waals surface area contributed by atoms with Crippen LogP contribution in [0.3, 0.4) is 0 Å². The van der Waals surface area contributed by atoms with E-state index < -0.39 is 0 Å². The molecule has 2 nitrogen and oxygen atoms in total. The summed E-state index contributed by atoms with van der Waals surface area (Å²) in [4.78, 5) is 2.49. The summed E-state index contributed by atoms with van der Waals surface area (Å²) in [7, 11) is 0. The van der Waals surface area contributed by atoms with Gasteiger partial charge in [0.2, 0.25) is 0 Å². The van der Waals surface area contributed by atoms with Crippen LogP contribution in [0.5, 0.6) is 0 Å². The standard InChI is InChI=1S/C9H16N2/c1-2-7-11-8-6-10-5-4-9(11)3-1/h6,8-10H,1-5,7H2. The number of nitrogens with zero attached hydrogens (tertiary/aromatic N) is 1. The van der Waals surface area contributed by atoms with Gasteiger partial charge in [0.1, 0.15) is 0 Å². The van der Waals surface area contributed by atoms with E-state index in [0.717, 1.165) is 12.6 Å². The molecule has 0 saturated carbocycles. The first-order valence-corrected chi connectivity index (χ1v) is 4.62. The smallest absolute Gasteiger partial charge is 0.0301 e. The van der Waals surface area contributed by atoms with Crippen LogP contribution in [0.25, 0.3) is 0 Å². The van der Waals surface area contributed by atoms with Crippen LogP contribution in [-0.2, 0) is 0 Å².